The van der Waals surface area contributed by atoms with E-state index in [1.165, 1.54) is 0 Å². The van der Waals surface area contributed by atoms with E-state index in [0.29, 0.717) is 11.8 Å². The van der Waals surface area contributed by atoms with Crippen LogP contribution in [-0.4, -0.2) is 41.6 Å². The molecule has 1 aliphatic heterocycles. The van der Waals surface area contributed by atoms with E-state index in [-0.39, 0.29) is 19.0 Å². The first-order chi connectivity index (χ1) is 7.50. The van der Waals surface area contributed by atoms with E-state index in [1.807, 2.05) is 0 Å². The van der Waals surface area contributed by atoms with Gasteiger partial charge in [-0.15, -0.1) is 0 Å². The summed E-state index contributed by atoms with van der Waals surface area (Å²) in [6.07, 6.45) is 1.03. The van der Waals surface area contributed by atoms with Crippen molar-refractivity contribution in [3.05, 3.63) is 0 Å². The average molecular weight is 228 g/mol. The highest BCUT2D eigenvalue weighted by Gasteiger charge is 2.27. The topological polar surface area (TPSA) is 69.6 Å². The summed E-state index contributed by atoms with van der Waals surface area (Å²) in [5.74, 6) is 0.281. The predicted octanol–water partition coefficient (Wildman–Crippen LogP) is 1.15. The van der Waals surface area contributed by atoms with Gasteiger partial charge < -0.3 is 15.3 Å². The molecule has 5 heteroatoms. The van der Waals surface area contributed by atoms with Crippen LogP contribution in [0.2, 0.25) is 0 Å². The van der Waals surface area contributed by atoms with Crippen LogP contribution in [0.15, 0.2) is 0 Å². The fourth-order valence-electron chi connectivity index (χ4n) is 1.90. The van der Waals surface area contributed by atoms with Crippen molar-refractivity contribution in [3.63, 3.8) is 0 Å². The Balaban J connectivity index is 2.25. The summed E-state index contributed by atoms with van der Waals surface area (Å²) in [5.41, 5.74) is 0. The molecule has 2 N–H and O–H groups in total. The van der Waals surface area contributed by atoms with E-state index in [2.05, 4.69) is 19.2 Å². The third-order valence-electron chi connectivity index (χ3n) is 3.07. The van der Waals surface area contributed by atoms with Crippen LogP contribution in [-0.2, 0) is 4.79 Å². The number of aliphatic carboxylic acids is 1. The highest BCUT2D eigenvalue weighted by Crippen LogP contribution is 2.23. The number of hydrogen-bond donors (Lipinski definition) is 2. The van der Waals surface area contributed by atoms with Gasteiger partial charge in [0, 0.05) is 19.6 Å². The number of amides is 2. The molecule has 16 heavy (non-hydrogen) atoms. The quantitative estimate of drug-likeness (QED) is 0.758. The molecule has 0 spiro atoms. The first kappa shape index (κ1) is 12.8. The number of carbonyl (C=O) groups is 2. The Morgan fingerprint density at radius 3 is 2.69 bits per heavy atom. The maximum Gasteiger partial charge on any atom is 0.317 e. The average Bonchev–Trinajstić information content (AvgIpc) is 2.65. The van der Waals surface area contributed by atoms with Gasteiger partial charge in [-0.3, -0.25) is 4.79 Å². The SMILES string of the molecule is CC(C)C1CCN(C(=O)NCCC(=O)O)C1. The van der Waals surface area contributed by atoms with E-state index < -0.39 is 5.97 Å². The van der Waals surface area contributed by atoms with Crippen molar-refractivity contribution in [3.8, 4) is 0 Å². The number of carboxylic acids is 1. The van der Waals surface area contributed by atoms with Crippen molar-refractivity contribution in [1.82, 2.24) is 10.2 Å². The summed E-state index contributed by atoms with van der Waals surface area (Å²) < 4.78 is 0. The minimum Gasteiger partial charge on any atom is -0.481 e. The first-order valence-electron chi connectivity index (χ1n) is 5.75. The lowest BCUT2D eigenvalue weighted by Crippen LogP contribution is -2.39. The zero-order valence-corrected chi connectivity index (χ0v) is 9.90. The van der Waals surface area contributed by atoms with Crippen LogP contribution >= 0.6 is 0 Å². The van der Waals surface area contributed by atoms with Gasteiger partial charge in [-0.05, 0) is 18.3 Å². The summed E-state index contributed by atoms with van der Waals surface area (Å²) in [6, 6.07) is -0.135. The maximum atomic E-state index is 11.6. The predicted molar refractivity (Wildman–Crippen MR) is 60.2 cm³/mol. The minimum absolute atomic E-state index is 0.0206. The number of likely N-dealkylation sites (tertiary alicyclic amines) is 1. The third kappa shape index (κ3) is 3.72. The molecule has 1 rings (SSSR count). The second kappa shape index (κ2) is 5.72. The Bertz CT molecular complexity index is 266. The van der Waals surface area contributed by atoms with Crippen molar-refractivity contribution in [2.45, 2.75) is 26.7 Å². The van der Waals surface area contributed by atoms with Crippen LogP contribution in [0.4, 0.5) is 4.79 Å². The molecular formula is C11H20N2O3. The molecular weight excluding hydrogens is 208 g/mol. The Labute approximate surface area is 95.8 Å². The molecule has 0 aromatic rings. The lowest BCUT2D eigenvalue weighted by Gasteiger charge is -2.18. The molecule has 1 fully saturated rings. The molecule has 2 amide bonds. The highest BCUT2D eigenvalue weighted by molar-refractivity contribution is 5.75. The molecule has 1 atom stereocenters. The number of hydrogen-bond acceptors (Lipinski definition) is 2. The Hall–Kier alpha value is -1.26. The lowest BCUT2D eigenvalue weighted by atomic mass is 9.95. The molecule has 0 saturated carbocycles. The van der Waals surface area contributed by atoms with Crippen LogP contribution in [0.1, 0.15) is 26.7 Å². The van der Waals surface area contributed by atoms with E-state index in [1.54, 1.807) is 4.90 Å². The van der Waals surface area contributed by atoms with Crippen LogP contribution in [0, 0.1) is 11.8 Å². The molecule has 1 saturated heterocycles. The molecule has 1 unspecified atom stereocenters. The standard InChI is InChI=1S/C11H20N2O3/c1-8(2)9-4-6-13(7-9)11(16)12-5-3-10(14)15/h8-9H,3-7H2,1-2H3,(H,12,16)(H,14,15). The summed E-state index contributed by atoms with van der Waals surface area (Å²) in [7, 11) is 0. The van der Waals surface area contributed by atoms with E-state index in [9.17, 15) is 9.59 Å². The molecule has 1 heterocycles. The summed E-state index contributed by atoms with van der Waals surface area (Å²) >= 11 is 0. The Kier molecular flexibility index (Phi) is 4.58. The summed E-state index contributed by atoms with van der Waals surface area (Å²) in [5, 5.41) is 11.1. The van der Waals surface area contributed by atoms with Gasteiger partial charge in [-0.25, -0.2) is 4.79 Å². The van der Waals surface area contributed by atoms with Gasteiger partial charge in [-0.1, -0.05) is 13.8 Å². The molecule has 0 aromatic heterocycles. The highest BCUT2D eigenvalue weighted by atomic mass is 16.4. The fraction of sp³-hybridized carbons (Fsp3) is 0.818. The van der Waals surface area contributed by atoms with Gasteiger partial charge in [-0.2, -0.15) is 0 Å². The van der Waals surface area contributed by atoms with Crippen molar-refractivity contribution in [1.29, 1.82) is 0 Å². The number of nitrogens with one attached hydrogen (secondary N) is 1. The third-order valence-corrected chi connectivity index (χ3v) is 3.07. The lowest BCUT2D eigenvalue weighted by molar-refractivity contribution is -0.136. The smallest absolute Gasteiger partial charge is 0.317 e. The Morgan fingerprint density at radius 1 is 1.50 bits per heavy atom. The molecule has 0 aromatic carbocycles. The molecule has 0 radical (unpaired) electrons. The second-order valence-electron chi connectivity index (χ2n) is 4.61. The van der Waals surface area contributed by atoms with Crippen LogP contribution < -0.4 is 5.32 Å². The van der Waals surface area contributed by atoms with E-state index in [4.69, 9.17) is 5.11 Å². The normalized spacial score (nSPS) is 20.2. The van der Waals surface area contributed by atoms with Gasteiger partial charge >= 0.3 is 12.0 Å². The molecule has 5 nitrogen and oxygen atoms in total. The minimum atomic E-state index is -0.887. The van der Waals surface area contributed by atoms with Crippen LogP contribution in [0.25, 0.3) is 0 Å². The van der Waals surface area contributed by atoms with Gasteiger partial charge in [0.2, 0.25) is 0 Å². The van der Waals surface area contributed by atoms with Gasteiger partial charge in [0.1, 0.15) is 0 Å². The maximum absolute atomic E-state index is 11.6. The van der Waals surface area contributed by atoms with Crippen LogP contribution in [0.5, 0.6) is 0 Å². The number of nitrogens with zero attached hydrogens (tertiary/aromatic N) is 1. The van der Waals surface area contributed by atoms with Gasteiger partial charge in [0.25, 0.3) is 0 Å². The number of urea groups is 1. The number of rotatable bonds is 4. The molecule has 1 aliphatic rings. The zero-order valence-electron chi connectivity index (χ0n) is 9.90. The number of carboxylic acid groups (broad SMARTS) is 1. The first-order valence-corrected chi connectivity index (χ1v) is 5.75. The van der Waals surface area contributed by atoms with Gasteiger partial charge in [0.05, 0.1) is 6.42 Å². The second-order valence-corrected chi connectivity index (χ2v) is 4.61. The monoisotopic (exact) mass is 228 g/mol. The van der Waals surface area contributed by atoms with Gasteiger partial charge in [0.15, 0.2) is 0 Å². The summed E-state index contributed by atoms with van der Waals surface area (Å²) in [6.45, 7) is 6.10. The van der Waals surface area contributed by atoms with Crippen LogP contribution in [0.3, 0.4) is 0 Å². The van der Waals surface area contributed by atoms with E-state index >= 15 is 0 Å². The largest absolute Gasteiger partial charge is 0.481 e. The van der Waals surface area contributed by atoms with E-state index in [0.717, 1.165) is 19.5 Å². The van der Waals surface area contributed by atoms with Crippen molar-refractivity contribution in [2.24, 2.45) is 11.8 Å². The fourth-order valence-corrected chi connectivity index (χ4v) is 1.90. The Morgan fingerprint density at radius 2 is 2.19 bits per heavy atom. The van der Waals surface area contributed by atoms with Crippen molar-refractivity contribution < 1.29 is 14.7 Å². The van der Waals surface area contributed by atoms with Crippen molar-refractivity contribution >= 4 is 12.0 Å². The zero-order chi connectivity index (χ0) is 12.1. The number of carbonyl (C=O) groups excluding carboxylic acids is 1. The van der Waals surface area contributed by atoms with Crippen molar-refractivity contribution in [2.75, 3.05) is 19.6 Å². The summed E-state index contributed by atoms with van der Waals surface area (Å²) in [4.78, 5) is 23.7. The molecule has 0 bridgehead atoms. The molecule has 92 valence electrons. The molecule has 0 aliphatic carbocycles.